The summed E-state index contributed by atoms with van der Waals surface area (Å²) in [4.78, 5) is 13.6. The molecule has 1 unspecified atom stereocenters. The van der Waals surface area contributed by atoms with Crippen LogP contribution in [0.15, 0.2) is 30.5 Å². The summed E-state index contributed by atoms with van der Waals surface area (Å²) in [5, 5.41) is 9.81. The van der Waals surface area contributed by atoms with Crippen molar-refractivity contribution in [3.8, 4) is 11.5 Å². The molecular weight excluding hydrogens is 260 g/mol. The second kappa shape index (κ2) is 5.20. The van der Waals surface area contributed by atoms with Crippen LogP contribution in [0.1, 0.15) is 10.5 Å². The van der Waals surface area contributed by atoms with Crippen molar-refractivity contribution in [3.05, 3.63) is 36.2 Å². The first-order valence-electron chi connectivity index (χ1n) is 6.24. The van der Waals surface area contributed by atoms with E-state index in [9.17, 15) is 4.79 Å². The van der Waals surface area contributed by atoms with Crippen LogP contribution in [-0.2, 0) is 0 Å². The number of aromatic nitrogens is 3. The van der Waals surface area contributed by atoms with Gasteiger partial charge < -0.3 is 14.4 Å². The summed E-state index contributed by atoms with van der Waals surface area (Å²) in [6.45, 7) is 0.827. The number of benzene rings is 1. The summed E-state index contributed by atoms with van der Waals surface area (Å²) in [7, 11) is 1.70. The summed E-state index contributed by atoms with van der Waals surface area (Å²) in [5.74, 6) is 1.22. The molecule has 0 radical (unpaired) electrons. The number of hydrogen-bond acceptors (Lipinski definition) is 5. The molecule has 0 fully saturated rings. The van der Waals surface area contributed by atoms with Gasteiger partial charge in [0.15, 0.2) is 23.3 Å². The molecule has 2 heterocycles. The maximum absolute atomic E-state index is 12.0. The van der Waals surface area contributed by atoms with E-state index in [2.05, 4.69) is 15.4 Å². The lowest BCUT2D eigenvalue weighted by molar-refractivity contribution is 0.0517. The summed E-state index contributed by atoms with van der Waals surface area (Å²) in [6.07, 6.45) is 1.19. The predicted molar refractivity (Wildman–Crippen MR) is 69.7 cm³/mol. The van der Waals surface area contributed by atoms with Crippen molar-refractivity contribution < 1.29 is 14.3 Å². The fourth-order valence-electron chi connectivity index (χ4n) is 2.04. The van der Waals surface area contributed by atoms with Gasteiger partial charge in [0.2, 0.25) is 0 Å². The van der Waals surface area contributed by atoms with E-state index < -0.39 is 0 Å². The molecular formula is C13H14N4O3. The van der Waals surface area contributed by atoms with E-state index in [1.54, 1.807) is 11.9 Å². The number of H-pyrrole nitrogens is 1. The SMILES string of the molecule is CN(CC1COc2ccccc2O1)C(=O)c1cn[nH]n1. The highest BCUT2D eigenvalue weighted by atomic mass is 16.6. The van der Waals surface area contributed by atoms with Gasteiger partial charge in [-0.1, -0.05) is 12.1 Å². The topological polar surface area (TPSA) is 80.3 Å². The minimum absolute atomic E-state index is 0.203. The van der Waals surface area contributed by atoms with Crippen molar-refractivity contribution in [2.45, 2.75) is 6.10 Å². The third kappa shape index (κ3) is 2.42. The van der Waals surface area contributed by atoms with Crippen molar-refractivity contribution in [2.75, 3.05) is 20.2 Å². The molecule has 20 heavy (non-hydrogen) atoms. The fourth-order valence-corrected chi connectivity index (χ4v) is 2.04. The Balaban J connectivity index is 1.63. The van der Waals surface area contributed by atoms with Gasteiger partial charge >= 0.3 is 0 Å². The van der Waals surface area contributed by atoms with E-state index in [-0.39, 0.29) is 17.7 Å². The molecule has 1 aliphatic rings. The van der Waals surface area contributed by atoms with Crippen molar-refractivity contribution in [1.82, 2.24) is 20.3 Å². The lowest BCUT2D eigenvalue weighted by Crippen LogP contribution is -2.41. The smallest absolute Gasteiger partial charge is 0.275 e. The molecule has 0 saturated carbocycles. The standard InChI is InChI=1S/C13H14N4O3/c1-17(13(18)10-6-14-16-15-10)7-9-8-19-11-4-2-3-5-12(11)20-9/h2-6,9H,7-8H2,1H3,(H,14,15,16). The van der Waals surface area contributed by atoms with Crippen LogP contribution >= 0.6 is 0 Å². The summed E-state index contributed by atoms with van der Waals surface area (Å²) in [5.41, 5.74) is 0.282. The monoisotopic (exact) mass is 274 g/mol. The van der Waals surface area contributed by atoms with Gasteiger partial charge in [0.1, 0.15) is 6.61 Å². The van der Waals surface area contributed by atoms with Gasteiger partial charge in [0, 0.05) is 7.05 Å². The van der Waals surface area contributed by atoms with Gasteiger partial charge in [-0.3, -0.25) is 4.79 Å². The van der Waals surface area contributed by atoms with Crippen LogP contribution in [0.25, 0.3) is 0 Å². The first-order valence-corrected chi connectivity index (χ1v) is 6.24. The molecule has 7 nitrogen and oxygen atoms in total. The first kappa shape index (κ1) is 12.5. The maximum Gasteiger partial charge on any atom is 0.275 e. The number of amides is 1. The maximum atomic E-state index is 12.0. The van der Waals surface area contributed by atoms with E-state index in [4.69, 9.17) is 9.47 Å². The van der Waals surface area contributed by atoms with Crippen molar-refractivity contribution >= 4 is 5.91 Å². The average Bonchev–Trinajstić information content (AvgIpc) is 3.00. The zero-order valence-corrected chi connectivity index (χ0v) is 10.9. The fraction of sp³-hybridized carbons (Fsp3) is 0.308. The molecule has 1 aliphatic heterocycles. The minimum Gasteiger partial charge on any atom is -0.486 e. The predicted octanol–water partition coefficient (Wildman–Crippen LogP) is 0.717. The number of aromatic amines is 1. The third-order valence-electron chi connectivity index (χ3n) is 3.03. The molecule has 7 heteroatoms. The van der Waals surface area contributed by atoms with Gasteiger partial charge in [-0.25, -0.2) is 0 Å². The molecule has 1 atom stereocenters. The molecule has 104 valence electrons. The molecule has 1 aromatic carbocycles. The highest BCUT2D eigenvalue weighted by Crippen LogP contribution is 2.30. The number of carbonyl (C=O) groups excluding carboxylic acids is 1. The Hall–Kier alpha value is -2.57. The van der Waals surface area contributed by atoms with Gasteiger partial charge in [0.25, 0.3) is 5.91 Å². The number of likely N-dealkylation sites (N-methyl/N-ethyl adjacent to an activating group) is 1. The zero-order chi connectivity index (χ0) is 13.9. The van der Waals surface area contributed by atoms with E-state index in [0.717, 1.165) is 5.75 Å². The molecule has 1 N–H and O–H groups in total. The molecule has 0 saturated heterocycles. The second-order valence-corrected chi connectivity index (χ2v) is 4.54. The molecule has 0 spiro atoms. The van der Waals surface area contributed by atoms with Crippen LogP contribution in [0.3, 0.4) is 0 Å². The van der Waals surface area contributed by atoms with Crippen LogP contribution in [0.5, 0.6) is 11.5 Å². The number of carbonyl (C=O) groups is 1. The Labute approximate surface area is 115 Å². The van der Waals surface area contributed by atoms with Crippen LogP contribution < -0.4 is 9.47 Å². The molecule has 3 rings (SSSR count). The van der Waals surface area contributed by atoms with Crippen LogP contribution in [0.4, 0.5) is 0 Å². The van der Waals surface area contributed by atoms with Gasteiger partial charge in [-0.15, -0.1) is 0 Å². The Bertz CT molecular complexity index is 599. The molecule has 1 aromatic heterocycles. The number of hydrogen-bond donors (Lipinski definition) is 1. The molecule has 0 aliphatic carbocycles. The Morgan fingerprint density at radius 2 is 2.25 bits per heavy atom. The largest absolute Gasteiger partial charge is 0.486 e. The number of para-hydroxylation sites is 2. The van der Waals surface area contributed by atoms with E-state index >= 15 is 0 Å². The highest BCUT2D eigenvalue weighted by molar-refractivity contribution is 5.91. The van der Waals surface area contributed by atoms with Crippen molar-refractivity contribution in [1.29, 1.82) is 0 Å². The number of fused-ring (bicyclic) bond motifs is 1. The normalized spacial score (nSPS) is 16.8. The Morgan fingerprint density at radius 3 is 3.00 bits per heavy atom. The average molecular weight is 274 g/mol. The summed E-state index contributed by atoms with van der Waals surface area (Å²) >= 11 is 0. The highest BCUT2D eigenvalue weighted by Gasteiger charge is 2.24. The van der Waals surface area contributed by atoms with Gasteiger partial charge in [-0.05, 0) is 12.1 Å². The number of ether oxygens (including phenoxy) is 2. The number of rotatable bonds is 3. The quantitative estimate of drug-likeness (QED) is 0.892. The van der Waals surface area contributed by atoms with Gasteiger partial charge in [-0.2, -0.15) is 15.4 Å². The zero-order valence-electron chi connectivity index (χ0n) is 10.9. The van der Waals surface area contributed by atoms with E-state index in [1.807, 2.05) is 24.3 Å². The molecule has 1 amide bonds. The Kier molecular flexibility index (Phi) is 3.24. The summed E-state index contributed by atoms with van der Waals surface area (Å²) in [6, 6.07) is 7.48. The lowest BCUT2D eigenvalue weighted by atomic mass is 10.2. The van der Waals surface area contributed by atoms with Crippen molar-refractivity contribution in [2.24, 2.45) is 0 Å². The minimum atomic E-state index is -0.207. The second-order valence-electron chi connectivity index (χ2n) is 4.54. The molecule has 2 aromatic rings. The summed E-state index contributed by atoms with van der Waals surface area (Å²) < 4.78 is 11.4. The third-order valence-corrected chi connectivity index (χ3v) is 3.03. The van der Waals surface area contributed by atoms with E-state index in [0.29, 0.717) is 18.9 Å². The van der Waals surface area contributed by atoms with Crippen LogP contribution in [0, 0.1) is 0 Å². The number of nitrogens with one attached hydrogen (secondary N) is 1. The van der Waals surface area contributed by atoms with Crippen LogP contribution in [-0.4, -0.2) is 52.5 Å². The van der Waals surface area contributed by atoms with Crippen molar-refractivity contribution in [3.63, 3.8) is 0 Å². The van der Waals surface area contributed by atoms with Crippen LogP contribution in [0.2, 0.25) is 0 Å². The lowest BCUT2D eigenvalue weighted by Gasteiger charge is -2.29. The number of nitrogens with zero attached hydrogens (tertiary/aromatic N) is 3. The Morgan fingerprint density at radius 1 is 1.45 bits per heavy atom. The molecule has 0 bridgehead atoms. The first-order chi connectivity index (χ1) is 9.74. The van der Waals surface area contributed by atoms with Gasteiger partial charge in [0.05, 0.1) is 12.7 Å². The van der Waals surface area contributed by atoms with E-state index in [1.165, 1.54) is 6.20 Å².